The van der Waals surface area contributed by atoms with Gasteiger partial charge in [0, 0.05) is 23.4 Å². The summed E-state index contributed by atoms with van der Waals surface area (Å²) in [7, 11) is 1.67. The average Bonchev–Trinajstić information content (AvgIpc) is 2.39. The van der Waals surface area contributed by atoms with Gasteiger partial charge in [-0.3, -0.25) is 0 Å². The van der Waals surface area contributed by atoms with Gasteiger partial charge < -0.3 is 15.8 Å². The predicted octanol–water partition coefficient (Wildman–Crippen LogP) is 3.07. The lowest BCUT2D eigenvalue weighted by Gasteiger charge is -2.25. The van der Waals surface area contributed by atoms with E-state index in [0.29, 0.717) is 11.0 Å². The molecule has 1 saturated carbocycles. The third kappa shape index (κ3) is 3.13. The van der Waals surface area contributed by atoms with E-state index >= 15 is 0 Å². The van der Waals surface area contributed by atoms with E-state index in [1.165, 1.54) is 32.1 Å². The molecule has 0 atom stereocenters. The Balaban J connectivity index is 2.19. The Morgan fingerprint density at radius 2 is 2.06 bits per heavy atom. The van der Waals surface area contributed by atoms with Crippen molar-refractivity contribution in [3.8, 4) is 5.75 Å². The monoisotopic (exact) mass is 264 g/mol. The molecule has 98 valence electrons. The Morgan fingerprint density at radius 3 is 2.67 bits per heavy atom. The van der Waals surface area contributed by atoms with E-state index in [-0.39, 0.29) is 0 Å². The van der Waals surface area contributed by atoms with E-state index in [0.717, 1.165) is 17.0 Å². The molecule has 3 N–H and O–H groups in total. The third-order valence-corrected chi connectivity index (χ3v) is 3.68. The quantitative estimate of drug-likeness (QED) is 0.821. The van der Waals surface area contributed by atoms with Crippen LogP contribution >= 0.6 is 12.2 Å². The van der Waals surface area contributed by atoms with Gasteiger partial charge in [-0.25, -0.2) is 0 Å². The number of thiocarbonyl (C=S) groups is 1. The summed E-state index contributed by atoms with van der Waals surface area (Å²) in [5.41, 5.74) is 7.66. The van der Waals surface area contributed by atoms with Crippen LogP contribution in [-0.4, -0.2) is 18.1 Å². The standard InChI is InChI=1S/C14H20N2OS/c1-17-11-7-8-12(14(15)18)13(9-11)16-10-5-3-2-4-6-10/h7-10,16H,2-6H2,1H3,(H2,15,18). The minimum absolute atomic E-state index is 0.427. The van der Waals surface area contributed by atoms with Gasteiger partial charge in [0.2, 0.25) is 0 Å². The maximum absolute atomic E-state index is 5.76. The molecule has 1 aliphatic carbocycles. The fourth-order valence-electron chi connectivity index (χ4n) is 2.45. The first kappa shape index (κ1) is 13.1. The van der Waals surface area contributed by atoms with Crippen LogP contribution in [0, 0.1) is 0 Å². The fourth-order valence-corrected chi connectivity index (χ4v) is 2.63. The number of benzene rings is 1. The van der Waals surface area contributed by atoms with Gasteiger partial charge >= 0.3 is 0 Å². The van der Waals surface area contributed by atoms with Crippen LogP contribution in [0.1, 0.15) is 37.7 Å². The molecule has 0 aromatic heterocycles. The smallest absolute Gasteiger partial charge is 0.120 e. The summed E-state index contributed by atoms with van der Waals surface area (Å²) in [5, 5.41) is 3.56. The zero-order valence-corrected chi connectivity index (χ0v) is 11.6. The van der Waals surface area contributed by atoms with E-state index in [1.54, 1.807) is 7.11 Å². The van der Waals surface area contributed by atoms with E-state index in [9.17, 15) is 0 Å². The van der Waals surface area contributed by atoms with Crippen LogP contribution in [-0.2, 0) is 0 Å². The summed E-state index contributed by atoms with van der Waals surface area (Å²) in [4.78, 5) is 0.427. The average molecular weight is 264 g/mol. The topological polar surface area (TPSA) is 47.3 Å². The summed E-state index contributed by atoms with van der Waals surface area (Å²) in [6.07, 6.45) is 6.37. The van der Waals surface area contributed by atoms with Crippen molar-refractivity contribution in [3.05, 3.63) is 23.8 Å². The Kier molecular flexibility index (Phi) is 4.42. The highest BCUT2D eigenvalue weighted by molar-refractivity contribution is 7.80. The minimum atomic E-state index is 0.427. The fraction of sp³-hybridized carbons (Fsp3) is 0.500. The second-order valence-electron chi connectivity index (χ2n) is 4.76. The van der Waals surface area contributed by atoms with Gasteiger partial charge in [-0.2, -0.15) is 0 Å². The lowest BCUT2D eigenvalue weighted by atomic mass is 9.95. The molecule has 4 heteroatoms. The van der Waals surface area contributed by atoms with Crippen molar-refractivity contribution in [2.24, 2.45) is 5.73 Å². The van der Waals surface area contributed by atoms with Gasteiger partial charge in [0.05, 0.1) is 7.11 Å². The molecule has 1 aromatic rings. The van der Waals surface area contributed by atoms with E-state index < -0.39 is 0 Å². The van der Waals surface area contributed by atoms with Crippen LogP contribution < -0.4 is 15.8 Å². The van der Waals surface area contributed by atoms with Crippen molar-refractivity contribution < 1.29 is 4.74 Å². The van der Waals surface area contributed by atoms with Crippen LogP contribution in [0.3, 0.4) is 0 Å². The second kappa shape index (κ2) is 6.05. The number of methoxy groups -OCH3 is 1. The van der Waals surface area contributed by atoms with Crippen molar-refractivity contribution in [2.75, 3.05) is 12.4 Å². The lowest BCUT2D eigenvalue weighted by molar-refractivity contribution is 0.414. The molecule has 0 unspecified atom stereocenters. The molecule has 3 nitrogen and oxygen atoms in total. The molecule has 0 heterocycles. The molecule has 1 aromatic carbocycles. The molecular weight excluding hydrogens is 244 g/mol. The summed E-state index contributed by atoms with van der Waals surface area (Å²) < 4.78 is 5.25. The van der Waals surface area contributed by atoms with Gasteiger partial charge in [-0.05, 0) is 25.0 Å². The summed E-state index contributed by atoms with van der Waals surface area (Å²) >= 11 is 5.09. The van der Waals surface area contributed by atoms with Crippen molar-refractivity contribution in [1.29, 1.82) is 0 Å². The molecule has 0 aliphatic heterocycles. The number of nitrogens with one attached hydrogen (secondary N) is 1. The molecule has 18 heavy (non-hydrogen) atoms. The molecule has 1 aliphatic rings. The van der Waals surface area contributed by atoms with Crippen molar-refractivity contribution in [1.82, 2.24) is 0 Å². The molecule has 0 amide bonds. The number of ether oxygens (including phenoxy) is 1. The molecule has 0 radical (unpaired) electrons. The molecule has 0 spiro atoms. The second-order valence-corrected chi connectivity index (χ2v) is 5.19. The highest BCUT2D eigenvalue weighted by Crippen LogP contribution is 2.27. The van der Waals surface area contributed by atoms with Gasteiger partial charge in [-0.15, -0.1) is 0 Å². The molecular formula is C14H20N2OS. The number of hydrogen-bond acceptors (Lipinski definition) is 3. The van der Waals surface area contributed by atoms with Crippen molar-refractivity contribution in [3.63, 3.8) is 0 Å². The van der Waals surface area contributed by atoms with E-state index in [4.69, 9.17) is 22.7 Å². The van der Waals surface area contributed by atoms with Gasteiger partial charge in [0.1, 0.15) is 10.7 Å². The Hall–Kier alpha value is -1.29. The van der Waals surface area contributed by atoms with Crippen molar-refractivity contribution >= 4 is 22.9 Å². The zero-order chi connectivity index (χ0) is 13.0. The van der Waals surface area contributed by atoms with Crippen molar-refractivity contribution in [2.45, 2.75) is 38.1 Å². The maximum atomic E-state index is 5.76. The Morgan fingerprint density at radius 1 is 1.33 bits per heavy atom. The largest absolute Gasteiger partial charge is 0.497 e. The van der Waals surface area contributed by atoms with Crippen LogP contribution in [0.2, 0.25) is 0 Å². The Bertz CT molecular complexity index is 428. The third-order valence-electron chi connectivity index (χ3n) is 3.46. The normalized spacial score (nSPS) is 16.3. The number of anilines is 1. The van der Waals surface area contributed by atoms with E-state index in [2.05, 4.69) is 5.32 Å². The minimum Gasteiger partial charge on any atom is -0.497 e. The van der Waals surface area contributed by atoms with Crippen LogP contribution in [0.4, 0.5) is 5.69 Å². The highest BCUT2D eigenvalue weighted by atomic mass is 32.1. The molecule has 2 rings (SSSR count). The predicted molar refractivity (Wildman–Crippen MR) is 79.4 cm³/mol. The summed E-state index contributed by atoms with van der Waals surface area (Å²) in [5.74, 6) is 0.827. The first-order chi connectivity index (χ1) is 8.70. The number of rotatable bonds is 4. The number of hydrogen-bond donors (Lipinski definition) is 2. The summed E-state index contributed by atoms with van der Waals surface area (Å²) in [6, 6.07) is 6.31. The highest BCUT2D eigenvalue weighted by Gasteiger charge is 2.15. The van der Waals surface area contributed by atoms with Gasteiger partial charge in [0.15, 0.2) is 0 Å². The molecule has 0 bridgehead atoms. The SMILES string of the molecule is COc1ccc(C(N)=S)c(NC2CCCCC2)c1. The summed E-state index contributed by atoms with van der Waals surface area (Å²) in [6.45, 7) is 0. The first-order valence-corrected chi connectivity index (χ1v) is 6.86. The van der Waals surface area contributed by atoms with E-state index in [1.807, 2.05) is 18.2 Å². The molecule has 0 saturated heterocycles. The van der Waals surface area contributed by atoms with Gasteiger partial charge in [0.25, 0.3) is 0 Å². The van der Waals surface area contributed by atoms with Crippen LogP contribution in [0.25, 0.3) is 0 Å². The first-order valence-electron chi connectivity index (χ1n) is 6.45. The van der Waals surface area contributed by atoms with Gasteiger partial charge in [-0.1, -0.05) is 31.5 Å². The van der Waals surface area contributed by atoms with Crippen LogP contribution in [0.5, 0.6) is 5.75 Å². The lowest BCUT2D eigenvalue weighted by Crippen LogP contribution is -2.24. The molecule has 1 fully saturated rings. The number of nitrogens with two attached hydrogens (primary N) is 1. The Labute approximate surface area is 114 Å². The maximum Gasteiger partial charge on any atom is 0.120 e. The zero-order valence-electron chi connectivity index (χ0n) is 10.7. The van der Waals surface area contributed by atoms with Crippen LogP contribution in [0.15, 0.2) is 18.2 Å².